The molecule has 0 saturated carbocycles. The van der Waals surface area contributed by atoms with Crippen LogP contribution in [0.4, 0.5) is 4.39 Å². The van der Waals surface area contributed by atoms with Crippen molar-refractivity contribution >= 4 is 0 Å². The molecule has 2 aromatic carbocycles. The van der Waals surface area contributed by atoms with Gasteiger partial charge in [0.25, 0.3) is 0 Å². The van der Waals surface area contributed by atoms with Crippen molar-refractivity contribution in [1.29, 1.82) is 0 Å². The number of ether oxygens (including phenoxy) is 2. The molecule has 1 unspecified atom stereocenters. The van der Waals surface area contributed by atoms with Crippen molar-refractivity contribution in [2.24, 2.45) is 5.73 Å². The first-order valence-electron chi connectivity index (χ1n) is 6.92. The lowest BCUT2D eigenvalue weighted by molar-refractivity contribution is 0.188. The summed E-state index contributed by atoms with van der Waals surface area (Å²) in [5.74, 6) is 0.765. The monoisotopic (exact) mass is 287 g/mol. The fourth-order valence-corrected chi connectivity index (χ4v) is 2.79. The fourth-order valence-electron chi connectivity index (χ4n) is 2.79. The molecule has 1 aliphatic heterocycles. The molecule has 1 atom stereocenters. The summed E-state index contributed by atoms with van der Waals surface area (Å²) >= 11 is 0. The molecule has 21 heavy (non-hydrogen) atoms. The summed E-state index contributed by atoms with van der Waals surface area (Å²) in [5.41, 5.74) is 7.44. The molecule has 0 radical (unpaired) electrons. The van der Waals surface area contributed by atoms with Crippen molar-refractivity contribution in [3.8, 4) is 11.5 Å². The largest absolute Gasteiger partial charge is 0.494 e. The number of methoxy groups -OCH3 is 1. The molecule has 3 nitrogen and oxygen atoms in total. The molecule has 1 heterocycles. The number of benzene rings is 2. The SMILES string of the molecule is COc1cccc(CC2(N)COc3ccccc3C2)c1F. The van der Waals surface area contributed by atoms with Gasteiger partial charge in [-0.2, -0.15) is 0 Å². The Bertz CT molecular complexity index is 659. The molecular weight excluding hydrogens is 269 g/mol. The summed E-state index contributed by atoms with van der Waals surface area (Å²) < 4.78 is 25.0. The lowest BCUT2D eigenvalue weighted by atomic mass is 9.84. The zero-order chi connectivity index (χ0) is 14.9. The predicted molar refractivity (Wildman–Crippen MR) is 79.2 cm³/mol. The Morgan fingerprint density at radius 3 is 2.86 bits per heavy atom. The van der Waals surface area contributed by atoms with E-state index in [1.807, 2.05) is 24.3 Å². The maximum Gasteiger partial charge on any atom is 0.168 e. The average molecular weight is 287 g/mol. The summed E-state index contributed by atoms with van der Waals surface area (Å²) in [6.45, 7) is 0.376. The highest BCUT2D eigenvalue weighted by Gasteiger charge is 2.33. The summed E-state index contributed by atoms with van der Waals surface area (Å²) in [7, 11) is 1.46. The van der Waals surface area contributed by atoms with E-state index in [1.165, 1.54) is 7.11 Å². The minimum Gasteiger partial charge on any atom is -0.494 e. The van der Waals surface area contributed by atoms with E-state index in [0.29, 0.717) is 25.0 Å². The van der Waals surface area contributed by atoms with Crippen LogP contribution in [-0.4, -0.2) is 19.3 Å². The van der Waals surface area contributed by atoms with E-state index in [0.717, 1.165) is 11.3 Å². The van der Waals surface area contributed by atoms with Gasteiger partial charge in [-0.05, 0) is 36.1 Å². The Labute approximate surface area is 123 Å². The molecule has 0 saturated heterocycles. The summed E-state index contributed by atoms with van der Waals surface area (Å²) in [4.78, 5) is 0. The smallest absolute Gasteiger partial charge is 0.168 e. The molecule has 0 aliphatic carbocycles. The average Bonchev–Trinajstić information content (AvgIpc) is 2.49. The quantitative estimate of drug-likeness (QED) is 0.944. The lowest BCUT2D eigenvalue weighted by Gasteiger charge is -2.35. The van der Waals surface area contributed by atoms with Crippen molar-refractivity contribution in [2.75, 3.05) is 13.7 Å². The van der Waals surface area contributed by atoms with Gasteiger partial charge in [0.05, 0.1) is 12.6 Å². The highest BCUT2D eigenvalue weighted by Crippen LogP contribution is 2.31. The number of nitrogens with two attached hydrogens (primary N) is 1. The van der Waals surface area contributed by atoms with E-state index in [9.17, 15) is 4.39 Å². The number of hydrogen-bond donors (Lipinski definition) is 1. The van der Waals surface area contributed by atoms with Crippen LogP contribution in [0.5, 0.6) is 11.5 Å². The second-order valence-corrected chi connectivity index (χ2v) is 5.55. The zero-order valence-electron chi connectivity index (χ0n) is 11.9. The van der Waals surface area contributed by atoms with Crippen LogP contribution in [0.1, 0.15) is 11.1 Å². The summed E-state index contributed by atoms with van der Waals surface area (Å²) in [6.07, 6.45) is 1.07. The van der Waals surface area contributed by atoms with Crippen LogP contribution in [0.15, 0.2) is 42.5 Å². The Balaban J connectivity index is 1.85. The van der Waals surface area contributed by atoms with Crippen LogP contribution in [0.3, 0.4) is 0 Å². The van der Waals surface area contributed by atoms with Crippen molar-refractivity contribution < 1.29 is 13.9 Å². The van der Waals surface area contributed by atoms with Gasteiger partial charge < -0.3 is 15.2 Å². The Morgan fingerprint density at radius 2 is 2.05 bits per heavy atom. The molecule has 0 aromatic heterocycles. The standard InChI is InChI=1S/C17H18FNO2/c1-20-15-8-4-6-13(16(15)18)10-17(19)9-12-5-2-3-7-14(12)21-11-17/h2-8H,9-11,19H2,1H3. The van der Waals surface area contributed by atoms with Gasteiger partial charge in [0, 0.05) is 0 Å². The minimum atomic E-state index is -0.610. The van der Waals surface area contributed by atoms with Crippen LogP contribution >= 0.6 is 0 Å². The minimum absolute atomic E-state index is 0.244. The third kappa shape index (κ3) is 2.72. The Kier molecular flexibility index (Phi) is 3.55. The second kappa shape index (κ2) is 5.37. The first-order chi connectivity index (χ1) is 10.1. The van der Waals surface area contributed by atoms with E-state index in [4.69, 9.17) is 15.2 Å². The molecular formula is C17H18FNO2. The van der Waals surface area contributed by atoms with Crippen LogP contribution in [0, 0.1) is 5.82 Å². The molecule has 4 heteroatoms. The highest BCUT2D eigenvalue weighted by molar-refractivity contribution is 5.38. The third-order valence-corrected chi connectivity index (χ3v) is 3.84. The van der Waals surface area contributed by atoms with Gasteiger partial charge in [-0.15, -0.1) is 0 Å². The van der Waals surface area contributed by atoms with E-state index in [-0.39, 0.29) is 11.6 Å². The first kappa shape index (κ1) is 13.9. The Hall–Kier alpha value is -2.07. The summed E-state index contributed by atoms with van der Waals surface area (Å²) in [5, 5.41) is 0. The number of para-hydroxylation sites is 1. The maximum absolute atomic E-state index is 14.3. The highest BCUT2D eigenvalue weighted by atomic mass is 19.1. The number of halogens is 1. The molecule has 3 rings (SSSR count). The fraction of sp³-hybridized carbons (Fsp3) is 0.294. The van der Waals surface area contributed by atoms with Gasteiger partial charge in [-0.25, -0.2) is 4.39 Å². The van der Waals surface area contributed by atoms with Crippen molar-refractivity contribution in [3.05, 3.63) is 59.4 Å². The van der Waals surface area contributed by atoms with Crippen molar-refractivity contribution in [2.45, 2.75) is 18.4 Å². The molecule has 0 bridgehead atoms. The van der Waals surface area contributed by atoms with Crippen LogP contribution < -0.4 is 15.2 Å². The van der Waals surface area contributed by atoms with Crippen LogP contribution in [0.2, 0.25) is 0 Å². The van der Waals surface area contributed by atoms with Gasteiger partial charge in [0.2, 0.25) is 0 Å². The van der Waals surface area contributed by atoms with Gasteiger partial charge in [-0.1, -0.05) is 30.3 Å². The molecule has 110 valence electrons. The van der Waals surface area contributed by atoms with Gasteiger partial charge >= 0.3 is 0 Å². The molecule has 0 spiro atoms. The normalized spacial score (nSPS) is 20.5. The molecule has 0 fully saturated rings. The van der Waals surface area contributed by atoms with Crippen molar-refractivity contribution in [1.82, 2.24) is 0 Å². The number of hydrogen-bond acceptors (Lipinski definition) is 3. The molecule has 2 N–H and O–H groups in total. The van der Waals surface area contributed by atoms with Crippen LogP contribution in [0.25, 0.3) is 0 Å². The van der Waals surface area contributed by atoms with E-state index in [1.54, 1.807) is 18.2 Å². The lowest BCUT2D eigenvalue weighted by Crippen LogP contribution is -2.51. The maximum atomic E-state index is 14.3. The number of rotatable bonds is 3. The second-order valence-electron chi connectivity index (χ2n) is 5.55. The summed E-state index contributed by atoms with van der Waals surface area (Å²) in [6, 6.07) is 12.9. The predicted octanol–water partition coefficient (Wildman–Crippen LogP) is 2.71. The van der Waals surface area contributed by atoms with E-state index < -0.39 is 5.54 Å². The van der Waals surface area contributed by atoms with Gasteiger partial charge in [-0.3, -0.25) is 0 Å². The Morgan fingerprint density at radius 1 is 1.24 bits per heavy atom. The zero-order valence-corrected chi connectivity index (χ0v) is 11.9. The number of fused-ring (bicyclic) bond motifs is 1. The van der Waals surface area contributed by atoms with E-state index >= 15 is 0 Å². The van der Waals surface area contributed by atoms with Crippen molar-refractivity contribution in [3.63, 3.8) is 0 Å². The molecule has 2 aromatic rings. The first-order valence-corrected chi connectivity index (χ1v) is 6.92. The molecule has 0 amide bonds. The van der Waals surface area contributed by atoms with Gasteiger partial charge in [0.15, 0.2) is 11.6 Å². The third-order valence-electron chi connectivity index (χ3n) is 3.84. The molecule has 1 aliphatic rings. The van der Waals surface area contributed by atoms with E-state index in [2.05, 4.69) is 0 Å². The topological polar surface area (TPSA) is 44.5 Å². The van der Waals surface area contributed by atoms with Crippen LogP contribution in [-0.2, 0) is 12.8 Å². The van der Waals surface area contributed by atoms with Gasteiger partial charge in [0.1, 0.15) is 12.4 Å².